The topological polar surface area (TPSA) is 41.6 Å². The largest absolute Gasteiger partial charge is 0.490 e. The molecule has 2 fully saturated rings. The zero-order valence-corrected chi connectivity index (χ0v) is 16.7. The fourth-order valence-corrected chi connectivity index (χ4v) is 4.05. The Kier molecular flexibility index (Phi) is 8.73. The van der Waals surface area contributed by atoms with E-state index in [9.17, 15) is 4.79 Å². The van der Waals surface area contributed by atoms with E-state index in [1.807, 2.05) is 36.2 Å². The minimum atomic E-state index is 0. The molecule has 1 amide bonds. The van der Waals surface area contributed by atoms with E-state index < -0.39 is 0 Å². The first-order valence-corrected chi connectivity index (χ1v) is 9.97. The number of para-hydroxylation sites is 1. The number of hydrogen-bond donors (Lipinski definition) is 1. The van der Waals surface area contributed by atoms with Crippen LogP contribution in [-0.2, 0) is 0 Å². The number of hydrogen-bond acceptors (Lipinski definition) is 3. The molecule has 0 bridgehead atoms. The molecule has 1 aliphatic heterocycles. The van der Waals surface area contributed by atoms with Crippen molar-refractivity contribution in [3.63, 3.8) is 0 Å². The summed E-state index contributed by atoms with van der Waals surface area (Å²) in [5, 5.41) is 3.22. The predicted molar refractivity (Wildman–Crippen MR) is 108 cm³/mol. The van der Waals surface area contributed by atoms with Crippen molar-refractivity contribution in [1.29, 1.82) is 0 Å². The molecule has 26 heavy (non-hydrogen) atoms. The molecule has 1 N–H and O–H groups in total. The lowest BCUT2D eigenvalue weighted by Crippen LogP contribution is -2.39. The van der Waals surface area contributed by atoms with Crippen LogP contribution in [0.15, 0.2) is 24.3 Å². The number of nitrogens with zero attached hydrogens (tertiary/aromatic N) is 1. The average Bonchev–Trinajstić information content (AvgIpc) is 2.67. The van der Waals surface area contributed by atoms with E-state index >= 15 is 0 Å². The second-order valence-corrected chi connectivity index (χ2v) is 7.50. The number of carbonyl (C=O) groups excluding carboxylic acids is 1. The third-order valence-corrected chi connectivity index (χ3v) is 5.67. The molecule has 3 rings (SSSR count). The molecule has 1 saturated heterocycles. The number of halogens is 1. The first-order chi connectivity index (χ1) is 12.3. The van der Waals surface area contributed by atoms with E-state index in [-0.39, 0.29) is 24.4 Å². The molecule has 0 atom stereocenters. The minimum Gasteiger partial charge on any atom is -0.490 e. The quantitative estimate of drug-likeness (QED) is 0.800. The highest BCUT2D eigenvalue weighted by atomic mass is 35.5. The van der Waals surface area contributed by atoms with Crippen molar-refractivity contribution < 1.29 is 9.53 Å². The molecule has 1 saturated carbocycles. The number of likely N-dealkylation sites (tertiary alicyclic amines) is 1. The van der Waals surface area contributed by atoms with Crippen LogP contribution in [-0.4, -0.2) is 43.6 Å². The predicted octanol–water partition coefficient (Wildman–Crippen LogP) is 4.28. The Hall–Kier alpha value is -1.26. The van der Waals surface area contributed by atoms with Crippen molar-refractivity contribution in [3.8, 4) is 5.75 Å². The summed E-state index contributed by atoms with van der Waals surface area (Å²) in [6.07, 6.45) is 9.71. The monoisotopic (exact) mass is 380 g/mol. The fourth-order valence-electron chi connectivity index (χ4n) is 4.05. The van der Waals surface area contributed by atoms with Crippen LogP contribution in [0.5, 0.6) is 5.75 Å². The second kappa shape index (κ2) is 10.8. The SMILES string of the molecule is CNCCC1CCN(C(=O)c2ccccc2OC2CCCCC2)CC1.Cl. The van der Waals surface area contributed by atoms with E-state index in [1.165, 1.54) is 25.7 Å². The molecule has 0 radical (unpaired) electrons. The molecule has 0 aromatic heterocycles. The fraction of sp³-hybridized carbons (Fsp3) is 0.667. The van der Waals surface area contributed by atoms with Crippen molar-refractivity contribution in [2.24, 2.45) is 5.92 Å². The molecule has 5 heteroatoms. The Morgan fingerprint density at radius 2 is 1.81 bits per heavy atom. The van der Waals surface area contributed by atoms with Gasteiger partial charge in [-0.3, -0.25) is 4.79 Å². The van der Waals surface area contributed by atoms with Crippen molar-refractivity contribution in [2.75, 3.05) is 26.7 Å². The summed E-state index contributed by atoms with van der Waals surface area (Å²) < 4.78 is 6.22. The van der Waals surface area contributed by atoms with Gasteiger partial charge in [-0.1, -0.05) is 18.6 Å². The number of nitrogens with one attached hydrogen (secondary N) is 1. The van der Waals surface area contributed by atoms with Gasteiger partial charge >= 0.3 is 0 Å². The lowest BCUT2D eigenvalue weighted by Gasteiger charge is -2.32. The summed E-state index contributed by atoms with van der Waals surface area (Å²) in [5.74, 6) is 1.65. The van der Waals surface area contributed by atoms with E-state index in [4.69, 9.17) is 4.74 Å². The third-order valence-electron chi connectivity index (χ3n) is 5.67. The summed E-state index contributed by atoms with van der Waals surface area (Å²) in [4.78, 5) is 15.0. The second-order valence-electron chi connectivity index (χ2n) is 7.50. The molecule has 1 heterocycles. The summed E-state index contributed by atoms with van der Waals surface area (Å²) in [6, 6.07) is 7.80. The van der Waals surface area contributed by atoms with Crippen molar-refractivity contribution >= 4 is 18.3 Å². The molecular weight excluding hydrogens is 348 g/mol. The van der Waals surface area contributed by atoms with Crippen molar-refractivity contribution in [1.82, 2.24) is 10.2 Å². The van der Waals surface area contributed by atoms with Crippen LogP contribution < -0.4 is 10.1 Å². The number of rotatable bonds is 6. The smallest absolute Gasteiger partial charge is 0.257 e. The Morgan fingerprint density at radius 1 is 1.12 bits per heavy atom. The van der Waals surface area contributed by atoms with Gasteiger partial charge in [0.05, 0.1) is 11.7 Å². The Balaban J connectivity index is 0.00000243. The summed E-state index contributed by atoms with van der Waals surface area (Å²) in [5.41, 5.74) is 0.738. The maximum absolute atomic E-state index is 13.0. The minimum absolute atomic E-state index is 0. The van der Waals surface area contributed by atoms with E-state index in [0.29, 0.717) is 0 Å². The normalized spacial score (nSPS) is 19.0. The molecule has 4 nitrogen and oxygen atoms in total. The van der Waals surface area contributed by atoms with Gasteiger partial charge in [-0.05, 0) is 76.6 Å². The van der Waals surface area contributed by atoms with Gasteiger partial charge in [-0.25, -0.2) is 0 Å². The van der Waals surface area contributed by atoms with Gasteiger partial charge < -0.3 is 15.0 Å². The van der Waals surface area contributed by atoms with E-state index in [0.717, 1.165) is 62.5 Å². The van der Waals surface area contributed by atoms with Crippen LogP contribution in [0.2, 0.25) is 0 Å². The van der Waals surface area contributed by atoms with E-state index in [1.54, 1.807) is 0 Å². The van der Waals surface area contributed by atoms with Gasteiger partial charge in [0.2, 0.25) is 0 Å². The lowest BCUT2D eigenvalue weighted by molar-refractivity contribution is 0.0677. The van der Waals surface area contributed by atoms with Gasteiger partial charge in [0.15, 0.2) is 0 Å². The number of ether oxygens (including phenoxy) is 1. The molecule has 0 spiro atoms. The Morgan fingerprint density at radius 3 is 2.50 bits per heavy atom. The standard InChI is InChI=1S/C21H32N2O2.ClH/c1-22-14-11-17-12-15-23(16-13-17)21(24)19-9-5-6-10-20(19)25-18-7-3-2-4-8-18;/h5-6,9-10,17-18,22H,2-4,7-8,11-16H2,1H3;1H. The molecule has 146 valence electrons. The van der Waals surface area contributed by atoms with Crippen molar-refractivity contribution in [3.05, 3.63) is 29.8 Å². The summed E-state index contributed by atoms with van der Waals surface area (Å²) in [6.45, 7) is 2.80. The van der Waals surface area contributed by atoms with Gasteiger partial charge in [0.1, 0.15) is 5.75 Å². The van der Waals surface area contributed by atoms with Crippen LogP contribution in [0.4, 0.5) is 0 Å². The van der Waals surface area contributed by atoms with Crippen LogP contribution in [0.25, 0.3) is 0 Å². The van der Waals surface area contributed by atoms with Gasteiger partial charge in [0, 0.05) is 13.1 Å². The Labute approximate surface area is 164 Å². The molecule has 1 aromatic rings. The van der Waals surface area contributed by atoms with Crippen LogP contribution in [0.3, 0.4) is 0 Å². The van der Waals surface area contributed by atoms with E-state index in [2.05, 4.69) is 5.32 Å². The maximum atomic E-state index is 13.0. The summed E-state index contributed by atoms with van der Waals surface area (Å²) in [7, 11) is 2.00. The van der Waals surface area contributed by atoms with Crippen LogP contribution in [0.1, 0.15) is 61.7 Å². The van der Waals surface area contributed by atoms with Crippen LogP contribution >= 0.6 is 12.4 Å². The van der Waals surface area contributed by atoms with Gasteiger partial charge in [-0.2, -0.15) is 0 Å². The number of carbonyl (C=O) groups is 1. The molecule has 1 aromatic carbocycles. The maximum Gasteiger partial charge on any atom is 0.257 e. The Bertz CT molecular complexity index is 553. The van der Waals surface area contributed by atoms with Crippen molar-refractivity contribution in [2.45, 2.75) is 57.5 Å². The zero-order valence-electron chi connectivity index (χ0n) is 15.9. The zero-order chi connectivity index (χ0) is 17.5. The highest BCUT2D eigenvalue weighted by molar-refractivity contribution is 5.97. The first-order valence-electron chi connectivity index (χ1n) is 9.97. The highest BCUT2D eigenvalue weighted by Gasteiger charge is 2.26. The van der Waals surface area contributed by atoms with Crippen LogP contribution in [0, 0.1) is 5.92 Å². The molecule has 2 aliphatic rings. The number of benzene rings is 1. The number of piperidine rings is 1. The van der Waals surface area contributed by atoms with Gasteiger partial charge in [-0.15, -0.1) is 12.4 Å². The highest BCUT2D eigenvalue weighted by Crippen LogP contribution is 2.28. The molecular formula is C21H33ClN2O2. The first kappa shape index (κ1) is 21.0. The average molecular weight is 381 g/mol. The summed E-state index contributed by atoms with van der Waals surface area (Å²) >= 11 is 0. The van der Waals surface area contributed by atoms with Gasteiger partial charge in [0.25, 0.3) is 5.91 Å². The molecule has 0 unspecified atom stereocenters. The lowest BCUT2D eigenvalue weighted by atomic mass is 9.93. The third kappa shape index (κ3) is 5.62. The molecule has 1 aliphatic carbocycles. The number of amides is 1.